The van der Waals surface area contributed by atoms with Crippen LogP contribution >= 0.6 is 0 Å². The van der Waals surface area contributed by atoms with Crippen LogP contribution in [-0.4, -0.2) is 29.1 Å². The van der Waals surface area contributed by atoms with E-state index < -0.39 is 24.0 Å². The van der Waals surface area contributed by atoms with E-state index in [1.807, 2.05) is 26.0 Å². The zero-order chi connectivity index (χ0) is 14.6. The van der Waals surface area contributed by atoms with Gasteiger partial charge in [0.1, 0.15) is 12.3 Å². The van der Waals surface area contributed by atoms with Crippen molar-refractivity contribution in [1.82, 2.24) is 5.32 Å². The van der Waals surface area contributed by atoms with Gasteiger partial charge in [-0.3, -0.25) is 9.59 Å². The second-order valence-electron chi connectivity index (χ2n) is 4.96. The predicted molar refractivity (Wildman–Crippen MR) is 71.3 cm³/mol. The molecule has 0 unspecified atom stereocenters. The Labute approximate surface area is 112 Å². The van der Waals surface area contributed by atoms with Gasteiger partial charge in [-0.15, -0.1) is 0 Å². The van der Waals surface area contributed by atoms with Gasteiger partial charge in [-0.25, -0.2) is 0 Å². The summed E-state index contributed by atoms with van der Waals surface area (Å²) in [6.45, 7) is 6.65. The second kappa shape index (κ2) is 5.73. The molecule has 0 atom stereocenters. The topological polar surface area (TPSA) is 75.6 Å². The Morgan fingerprint density at radius 3 is 2.47 bits per heavy atom. The number of carboxylic acids is 1. The number of aliphatic carboxylic acids is 1. The summed E-state index contributed by atoms with van der Waals surface area (Å²) in [6.07, 6.45) is 0. The molecule has 5 heteroatoms. The van der Waals surface area contributed by atoms with E-state index in [0.717, 1.165) is 11.1 Å². The summed E-state index contributed by atoms with van der Waals surface area (Å²) in [7, 11) is 0. The quantitative estimate of drug-likeness (QED) is 0.849. The summed E-state index contributed by atoms with van der Waals surface area (Å²) < 4.78 is 5.68. The Kier molecular flexibility index (Phi) is 4.53. The Balaban J connectivity index is 2.77. The highest BCUT2D eigenvalue weighted by atomic mass is 16.5. The summed E-state index contributed by atoms with van der Waals surface area (Å²) in [5, 5.41) is 10.8. The van der Waals surface area contributed by atoms with Crippen molar-refractivity contribution < 1.29 is 19.4 Å². The zero-order valence-electron chi connectivity index (χ0n) is 11.6. The molecule has 0 aromatic heterocycles. The van der Waals surface area contributed by atoms with Gasteiger partial charge < -0.3 is 15.2 Å². The van der Waals surface area contributed by atoms with Crippen molar-refractivity contribution in [2.24, 2.45) is 0 Å². The summed E-state index contributed by atoms with van der Waals surface area (Å²) in [4.78, 5) is 22.3. The largest absolute Gasteiger partial charge is 0.480 e. The normalized spacial score (nSPS) is 10.9. The van der Waals surface area contributed by atoms with E-state index in [0.29, 0.717) is 5.75 Å². The first-order valence-electron chi connectivity index (χ1n) is 5.99. The molecule has 1 amide bonds. The Morgan fingerprint density at radius 1 is 1.32 bits per heavy atom. The van der Waals surface area contributed by atoms with E-state index >= 15 is 0 Å². The van der Waals surface area contributed by atoms with Crippen LogP contribution in [0.4, 0.5) is 0 Å². The molecule has 1 rings (SSSR count). The number of benzene rings is 1. The third kappa shape index (κ3) is 4.28. The van der Waals surface area contributed by atoms with Gasteiger partial charge >= 0.3 is 5.97 Å². The molecular formula is C14H19NO4. The minimum atomic E-state index is -1.13. The molecule has 0 fully saturated rings. The first-order valence-corrected chi connectivity index (χ1v) is 5.99. The van der Waals surface area contributed by atoms with E-state index in [1.165, 1.54) is 0 Å². The SMILES string of the molecule is Cc1ccc(OC(C)(C)C(=O)NCC(=O)O)c(C)c1. The lowest BCUT2D eigenvalue weighted by atomic mass is 10.1. The highest BCUT2D eigenvalue weighted by Crippen LogP contribution is 2.23. The van der Waals surface area contributed by atoms with Crippen molar-refractivity contribution >= 4 is 11.9 Å². The van der Waals surface area contributed by atoms with Crippen molar-refractivity contribution in [3.05, 3.63) is 29.3 Å². The van der Waals surface area contributed by atoms with Crippen LogP contribution in [0.3, 0.4) is 0 Å². The number of aryl methyl sites for hydroxylation is 2. The molecule has 0 aliphatic heterocycles. The van der Waals surface area contributed by atoms with Crippen molar-refractivity contribution in [2.45, 2.75) is 33.3 Å². The number of carboxylic acid groups (broad SMARTS) is 1. The van der Waals surface area contributed by atoms with E-state index in [2.05, 4.69) is 5.32 Å². The highest BCUT2D eigenvalue weighted by molar-refractivity contribution is 5.87. The maximum absolute atomic E-state index is 11.9. The summed E-state index contributed by atoms with van der Waals surface area (Å²) >= 11 is 0. The van der Waals surface area contributed by atoms with E-state index in [-0.39, 0.29) is 0 Å². The van der Waals surface area contributed by atoms with Gasteiger partial charge in [0.05, 0.1) is 0 Å². The molecule has 0 radical (unpaired) electrons. The zero-order valence-corrected chi connectivity index (χ0v) is 11.6. The Hall–Kier alpha value is -2.04. The van der Waals surface area contributed by atoms with Crippen molar-refractivity contribution in [3.63, 3.8) is 0 Å². The van der Waals surface area contributed by atoms with E-state index in [9.17, 15) is 9.59 Å². The predicted octanol–water partition coefficient (Wildman–Crippen LogP) is 1.66. The molecule has 104 valence electrons. The third-order valence-electron chi connectivity index (χ3n) is 2.64. The Morgan fingerprint density at radius 2 is 1.95 bits per heavy atom. The first kappa shape index (κ1) is 15.0. The van der Waals surface area contributed by atoms with Gasteiger partial charge in [-0.2, -0.15) is 0 Å². The monoisotopic (exact) mass is 265 g/mol. The molecule has 5 nitrogen and oxygen atoms in total. The van der Waals surface area contributed by atoms with Crippen molar-refractivity contribution in [3.8, 4) is 5.75 Å². The van der Waals surface area contributed by atoms with E-state index in [4.69, 9.17) is 9.84 Å². The number of amides is 1. The minimum Gasteiger partial charge on any atom is -0.480 e. The van der Waals surface area contributed by atoms with E-state index in [1.54, 1.807) is 19.9 Å². The fraction of sp³-hybridized carbons (Fsp3) is 0.429. The molecule has 0 heterocycles. The summed E-state index contributed by atoms with van der Waals surface area (Å²) in [6, 6.07) is 5.66. The van der Waals surface area contributed by atoms with Gasteiger partial charge in [0.25, 0.3) is 5.91 Å². The van der Waals surface area contributed by atoms with Gasteiger partial charge in [-0.05, 0) is 39.3 Å². The molecule has 0 saturated heterocycles. The molecule has 1 aromatic rings. The fourth-order valence-corrected chi connectivity index (χ4v) is 1.60. The van der Waals surface area contributed by atoms with Crippen molar-refractivity contribution in [2.75, 3.05) is 6.54 Å². The minimum absolute atomic E-state index is 0.418. The van der Waals surface area contributed by atoms with Crippen LogP contribution in [0, 0.1) is 13.8 Å². The lowest BCUT2D eigenvalue weighted by molar-refractivity contribution is -0.141. The van der Waals surface area contributed by atoms with Gasteiger partial charge in [0.15, 0.2) is 5.60 Å². The number of carbonyl (C=O) groups excluding carboxylic acids is 1. The molecule has 0 aliphatic rings. The van der Waals surface area contributed by atoms with Gasteiger partial charge in [0.2, 0.25) is 0 Å². The lowest BCUT2D eigenvalue weighted by Crippen LogP contribution is -2.48. The number of nitrogens with one attached hydrogen (secondary N) is 1. The number of hydrogen-bond acceptors (Lipinski definition) is 3. The molecule has 0 saturated carbocycles. The maximum atomic E-state index is 11.9. The van der Waals surface area contributed by atoms with Crippen LogP contribution in [0.15, 0.2) is 18.2 Å². The van der Waals surface area contributed by atoms with Gasteiger partial charge in [0, 0.05) is 0 Å². The molecule has 2 N–H and O–H groups in total. The highest BCUT2D eigenvalue weighted by Gasteiger charge is 2.30. The molecular weight excluding hydrogens is 246 g/mol. The van der Waals surface area contributed by atoms with Crippen molar-refractivity contribution in [1.29, 1.82) is 0 Å². The summed E-state index contributed by atoms with van der Waals surface area (Å²) in [5.74, 6) is -0.938. The average Bonchev–Trinajstić information content (AvgIpc) is 2.29. The van der Waals surface area contributed by atoms with Crippen LogP contribution in [0.1, 0.15) is 25.0 Å². The van der Waals surface area contributed by atoms with Crippen LogP contribution < -0.4 is 10.1 Å². The third-order valence-corrected chi connectivity index (χ3v) is 2.64. The van der Waals surface area contributed by atoms with Crippen LogP contribution in [-0.2, 0) is 9.59 Å². The number of ether oxygens (including phenoxy) is 1. The van der Waals surface area contributed by atoms with Crippen LogP contribution in [0.2, 0.25) is 0 Å². The smallest absolute Gasteiger partial charge is 0.322 e. The van der Waals surface area contributed by atoms with Crippen LogP contribution in [0.5, 0.6) is 5.75 Å². The first-order chi connectivity index (χ1) is 8.72. The lowest BCUT2D eigenvalue weighted by Gasteiger charge is -2.26. The Bertz CT molecular complexity index is 494. The molecule has 1 aromatic carbocycles. The number of hydrogen-bond donors (Lipinski definition) is 2. The molecule has 19 heavy (non-hydrogen) atoms. The fourth-order valence-electron chi connectivity index (χ4n) is 1.60. The standard InChI is InChI=1S/C14H19NO4/c1-9-5-6-11(10(2)7-9)19-14(3,4)13(18)15-8-12(16)17/h5-7H,8H2,1-4H3,(H,15,18)(H,16,17). The molecule has 0 spiro atoms. The second-order valence-corrected chi connectivity index (χ2v) is 4.96. The maximum Gasteiger partial charge on any atom is 0.322 e. The molecule has 0 aliphatic carbocycles. The van der Waals surface area contributed by atoms with Crippen LogP contribution in [0.25, 0.3) is 0 Å². The van der Waals surface area contributed by atoms with Gasteiger partial charge in [-0.1, -0.05) is 17.7 Å². The number of carbonyl (C=O) groups is 2. The number of rotatable bonds is 5. The molecule has 0 bridgehead atoms. The average molecular weight is 265 g/mol. The summed E-state index contributed by atoms with van der Waals surface area (Å²) in [5.41, 5.74) is 0.909.